The molecule has 0 atom stereocenters. The molecule has 0 radical (unpaired) electrons. The number of nitrogens with zero attached hydrogens (tertiary/aromatic N) is 2. The fraction of sp³-hybridized carbons (Fsp3) is 0.143. The van der Waals surface area contributed by atoms with Crippen molar-refractivity contribution in [2.24, 2.45) is 0 Å². The molecule has 4 aromatic carbocycles. The van der Waals surface area contributed by atoms with Crippen molar-refractivity contribution in [1.29, 1.82) is 0 Å². The zero-order chi connectivity index (χ0) is 22.6. The van der Waals surface area contributed by atoms with Gasteiger partial charge in [0.1, 0.15) is 5.75 Å². The lowest BCUT2D eigenvalue weighted by atomic mass is 10.0. The van der Waals surface area contributed by atoms with E-state index in [-0.39, 0.29) is 5.91 Å². The SMILES string of the molecule is CCOc1ccc2nc(N(Cc3ccccc3)C(=O)Cc3ccc4ccccc4c3)sc2c1. The smallest absolute Gasteiger partial charge is 0.233 e. The number of hydrogen-bond acceptors (Lipinski definition) is 4. The molecule has 5 rings (SSSR count). The van der Waals surface area contributed by atoms with Crippen LogP contribution in [-0.4, -0.2) is 17.5 Å². The summed E-state index contributed by atoms with van der Waals surface area (Å²) < 4.78 is 6.65. The summed E-state index contributed by atoms with van der Waals surface area (Å²) in [5.41, 5.74) is 2.94. The maximum Gasteiger partial charge on any atom is 0.233 e. The summed E-state index contributed by atoms with van der Waals surface area (Å²) in [7, 11) is 0. The topological polar surface area (TPSA) is 42.4 Å². The van der Waals surface area contributed by atoms with Crippen molar-refractivity contribution in [3.8, 4) is 5.75 Å². The first-order valence-electron chi connectivity index (χ1n) is 11.0. The Morgan fingerprint density at radius 1 is 0.879 bits per heavy atom. The molecular weight excluding hydrogens is 428 g/mol. The number of benzene rings is 4. The molecule has 0 aliphatic rings. The normalized spacial score (nSPS) is 11.1. The Morgan fingerprint density at radius 2 is 1.67 bits per heavy atom. The third-order valence-corrected chi connectivity index (χ3v) is 6.59. The van der Waals surface area contributed by atoms with E-state index in [1.807, 2.05) is 73.7 Å². The molecule has 5 heteroatoms. The average molecular weight is 453 g/mol. The van der Waals surface area contributed by atoms with E-state index in [0.717, 1.165) is 32.5 Å². The molecule has 0 bridgehead atoms. The zero-order valence-corrected chi connectivity index (χ0v) is 19.2. The standard InChI is InChI=1S/C28H24N2O2S/c1-2-32-24-14-15-25-26(18-24)33-28(29-25)30(19-20-8-4-3-5-9-20)27(31)17-21-12-13-22-10-6-7-11-23(22)16-21/h3-16,18H,2,17,19H2,1H3. The van der Waals surface area contributed by atoms with E-state index in [4.69, 9.17) is 9.72 Å². The first-order chi connectivity index (χ1) is 16.2. The number of ether oxygens (including phenoxy) is 1. The quantitative estimate of drug-likeness (QED) is 0.278. The van der Waals surface area contributed by atoms with Crippen molar-refractivity contribution in [3.63, 3.8) is 0 Å². The van der Waals surface area contributed by atoms with Crippen LogP contribution in [0.1, 0.15) is 18.1 Å². The number of fused-ring (bicyclic) bond motifs is 2. The molecule has 0 fully saturated rings. The van der Waals surface area contributed by atoms with Crippen LogP contribution < -0.4 is 9.64 Å². The van der Waals surface area contributed by atoms with E-state index in [1.54, 1.807) is 4.90 Å². The van der Waals surface area contributed by atoms with E-state index in [1.165, 1.54) is 16.7 Å². The van der Waals surface area contributed by atoms with Gasteiger partial charge in [0.25, 0.3) is 0 Å². The molecule has 0 saturated carbocycles. The Kier molecular flexibility index (Phi) is 6.05. The number of amides is 1. The molecule has 0 N–H and O–H groups in total. The van der Waals surface area contributed by atoms with Crippen molar-refractivity contribution in [3.05, 3.63) is 102 Å². The van der Waals surface area contributed by atoms with Gasteiger partial charge in [0, 0.05) is 0 Å². The van der Waals surface area contributed by atoms with E-state index < -0.39 is 0 Å². The summed E-state index contributed by atoms with van der Waals surface area (Å²) in [5.74, 6) is 0.843. The Balaban J connectivity index is 1.48. The van der Waals surface area contributed by atoms with Crippen LogP contribution in [0.3, 0.4) is 0 Å². The minimum absolute atomic E-state index is 0.0261. The van der Waals surface area contributed by atoms with Crippen LogP contribution in [-0.2, 0) is 17.8 Å². The van der Waals surface area contributed by atoms with E-state index in [9.17, 15) is 4.79 Å². The lowest BCUT2D eigenvalue weighted by Gasteiger charge is -2.20. The fourth-order valence-corrected chi connectivity index (χ4v) is 4.92. The van der Waals surface area contributed by atoms with Crippen molar-refractivity contribution in [1.82, 2.24) is 4.98 Å². The summed E-state index contributed by atoms with van der Waals surface area (Å²) in [6.45, 7) is 3.06. The van der Waals surface area contributed by atoms with Crippen LogP contribution in [0, 0.1) is 0 Å². The van der Waals surface area contributed by atoms with Crippen LogP contribution in [0.5, 0.6) is 5.75 Å². The highest BCUT2D eigenvalue weighted by Gasteiger charge is 2.21. The van der Waals surface area contributed by atoms with Crippen molar-refractivity contribution >= 4 is 43.4 Å². The highest BCUT2D eigenvalue weighted by atomic mass is 32.1. The van der Waals surface area contributed by atoms with Gasteiger partial charge in [-0.15, -0.1) is 0 Å². The van der Waals surface area contributed by atoms with Crippen molar-refractivity contribution in [2.45, 2.75) is 19.9 Å². The van der Waals surface area contributed by atoms with Gasteiger partial charge in [0.05, 0.1) is 29.8 Å². The van der Waals surface area contributed by atoms with Gasteiger partial charge in [-0.25, -0.2) is 4.98 Å². The van der Waals surface area contributed by atoms with Crippen LogP contribution in [0.15, 0.2) is 91.0 Å². The highest BCUT2D eigenvalue weighted by Crippen LogP contribution is 2.33. The van der Waals surface area contributed by atoms with Crippen molar-refractivity contribution in [2.75, 3.05) is 11.5 Å². The molecule has 0 aliphatic carbocycles. The number of aromatic nitrogens is 1. The molecule has 5 aromatic rings. The molecule has 1 heterocycles. The van der Waals surface area contributed by atoms with Gasteiger partial charge in [-0.1, -0.05) is 84.1 Å². The van der Waals surface area contributed by atoms with Gasteiger partial charge in [-0.05, 0) is 47.0 Å². The number of carbonyl (C=O) groups is 1. The second kappa shape index (κ2) is 9.43. The second-order valence-electron chi connectivity index (χ2n) is 7.88. The monoisotopic (exact) mass is 452 g/mol. The molecule has 4 nitrogen and oxygen atoms in total. The Morgan fingerprint density at radius 3 is 2.48 bits per heavy atom. The first-order valence-corrected chi connectivity index (χ1v) is 11.9. The van der Waals surface area contributed by atoms with Gasteiger partial charge in [-0.2, -0.15) is 0 Å². The molecule has 1 amide bonds. The van der Waals surface area contributed by atoms with E-state index in [0.29, 0.717) is 24.7 Å². The van der Waals surface area contributed by atoms with Crippen LogP contribution >= 0.6 is 11.3 Å². The van der Waals surface area contributed by atoms with E-state index in [2.05, 4.69) is 24.3 Å². The van der Waals surface area contributed by atoms with Gasteiger partial charge in [0.15, 0.2) is 5.13 Å². The predicted octanol–water partition coefficient (Wildman–Crippen LogP) is 6.62. The van der Waals surface area contributed by atoms with Crippen LogP contribution in [0.2, 0.25) is 0 Å². The third-order valence-electron chi connectivity index (χ3n) is 5.54. The largest absolute Gasteiger partial charge is 0.494 e. The van der Waals surface area contributed by atoms with Crippen LogP contribution in [0.25, 0.3) is 21.0 Å². The number of hydrogen-bond donors (Lipinski definition) is 0. The first kappa shape index (κ1) is 21.2. The Bertz CT molecular complexity index is 1410. The number of anilines is 1. The molecule has 0 saturated heterocycles. The molecule has 164 valence electrons. The molecule has 1 aromatic heterocycles. The summed E-state index contributed by atoms with van der Waals surface area (Å²) >= 11 is 1.52. The highest BCUT2D eigenvalue weighted by molar-refractivity contribution is 7.22. The average Bonchev–Trinajstić information content (AvgIpc) is 3.26. The maximum atomic E-state index is 13.6. The number of carbonyl (C=O) groups excluding carboxylic acids is 1. The van der Waals surface area contributed by atoms with Crippen LogP contribution in [0.4, 0.5) is 5.13 Å². The van der Waals surface area contributed by atoms with Crippen molar-refractivity contribution < 1.29 is 9.53 Å². The summed E-state index contributed by atoms with van der Waals surface area (Å²) in [6.07, 6.45) is 0.317. The second-order valence-corrected chi connectivity index (χ2v) is 8.89. The lowest BCUT2D eigenvalue weighted by molar-refractivity contribution is -0.118. The summed E-state index contributed by atoms with van der Waals surface area (Å²) in [5, 5.41) is 3.01. The zero-order valence-electron chi connectivity index (χ0n) is 18.4. The maximum absolute atomic E-state index is 13.6. The Labute approximate surface area is 197 Å². The molecule has 33 heavy (non-hydrogen) atoms. The number of rotatable bonds is 7. The van der Waals surface area contributed by atoms with Gasteiger partial charge >= 0.3 is 0 Å². The van der Waals surface area contributed by atoms with Gasteiger partial charge in [0.2, 0.25) is 5.91 Å². The minimum atomic E-state index is 0.0261. The molecular formula is C28H24N2O2S. The molecule has 0 aliphatic heterocycles. The number of thiazole rings is 1. The fourth-order valence-electron chi connectivity index (χ4n) is 3.91. The third kappa shape index (κ3) is 4.73. The van der Waals surface area contributed by atoms with E-state index >= 15 is 0 Å². The Hall–Kier alpha value is -3.70. The lowest BCUT2D eigenvalue weighted by Crippen LogP contribution is -2.31. The minimum Gasteiger partial charge on any atom is -0.494 e. The predicted molar refractivity (Wildman–Crippen MR) is 136 cm³/mol. The van der Waals surface area contributed by atoms with Gasteiger partial charge < -0.3 is 4.74 Å². The molecule has 0 unspecified atom stereocenters. The van der Waals surface area contributed by atoms with Gasteiger partial charge in [-0.3, -0.25) is 9.69 Å². The molecule has 0 spiro atoms. The summed E-state index contributed by atoms with van der Waals surface area (Å²) in [4.78, 5) is 20.2. The summed E-state index contributed by atoms with van der Waals surface area (Å²) in [6, 6.07) is 30.3.